The molecule has 0 spiro atoms. The van der Waals surface area contributed by atoms with E-state index in [-0.39, 0.29) is 16.5 Å². The van der Waals surface area contributed by atoms with Crippen LogP contribution in [0.1, 0.15) is 28.1 Å². The third-order valence-corrected chi connectivity index (χ3v) is 5.94. The van der Waals surface area contributed by atoms with Gasteiger partial charge in [-0.2, -0.15) is 0 Å². The van der Waals surface area contributed by atoms with Gasteiger partial charge in [-0.1, -0.05) is 23.4 Å². The van der Waals surface area contributed by atoms with Crippen LogP contribution in [0.3, 0.4) is 0 Å². The highest BCUT2D eigenvalue weighted by molar-refractivity contribution is 7.18. The smallest absolute Gasteiger partial charge is 0.286 e. The second-order valence-corrected chi connectivity index (χ2v) is 8.70. The molecule has 30 heavy (non-hydrogen) atoms. The van der Waals surface area contributed by atoms with Crippen LogP contribution in [-0.2, 0) is 6.54 Å². The predicted molar refractivity (Wildman–Crippen MR) is 111 cm³/mol. The molecular weight excluding hydrogens is 439 g/mol. The molecular formula is C20H19ClF3N3O2S. The van der Waals surface area contributed by atoms with E-state index in [2.05, 4.69) is 22.1 Å². The fourth-order valence-electron chi connectivity index (χ4n) is 3.17. The lowest BCUT2D eigenvalue weighted by Crippen LogP contribution is -2.31. The fourth-order valence-corrected chi connectivity index (χ4v) is 4.26. The first kappa shape index (κ1) is 22.4. The van der Waals surface area contributed by atoms with E-state index in [1.807, 2.05) is 7.05 Å². The van der Waals surface area contributed by atoms with Crippen molar-refractivity contribution < 1.29 is 18.0 Å². The minimum absolute atomic E-state index is 0.111. The van der Waals surface area contributed by atoms with Crippen molar-refractivity contribution in [2.45, 2.75) is 25.8 Å². The molecule has 3 rings (SSSR count). The Bertz CT molecular complexity index is 1060. The average Bonchev–Trinajstić information content (AvgIpc) is 3.04. The van der Waals surface area contributed by atoms with Crippen LogP contribution >= 0.6 is 22.9 Å². The van der Waals surface area contributed by atoms with Gasteiger partial charge < -0.3 is 14.8 Å². The van der Waals surface area contributed by atoms with Gasteiger partial charge in [-0.25, -0.2) is 13.2 Å². The van der Waals surface area contributed by atoms with Crippen LogP contribution in [0.15, 0.2) is 23.1 Å². The first-order valence-electron chi connectivity index (χ1n) is 9.22. The van der Waals surface area contributed by atoms with Crippen molar-refractivity contribution in [2.75, 3.05) is 25.5 Å². The van der Waals surface area contributed by atoms with E-state index in [0.29, 0.717) is 14.5 Å². The maximum atomic E-state index is 13.7. The van der Waals surface area contributed by atoms with Crippen molar-refractivity contribution in [3.63, 3.8) is 0 Å². The third-order valence-electron chi connectivity index (χ3n) is 4.58. The van der Waals surface area contributed by atoms with Crippen LogP contribution in [0, 0.1) is 23.6 Å². The normalized spacial score (nSPS) is 16.9. The predicted octanol–water partition coefficient (Wildman–Crippen LogP) is 3.91. The molecule has 2 aromatic heterocycles. The number of amides is 1. The Morgan fingerprint density at radius 1 is 1.43 bits per heavy atom. The minimum atomic E-state index is -2.84. The molecule has 160 valence electrons. The number of anilines is 1. The lowest BCUT2D eigenvalue weighted by molar-refractivity contribution is 0.103. The van der Waals surface area contributed by atoms with Gasteiger partial charge in [0.15, 0.2) is 5.82 Å². The minimum Gasteiger partial charge on any atom is -0.320 e. The SMILES string of the molecule is CN1CCCC(C#Cc2cc(C(=O)Nc3cc(F)c(=O)n(CC(F)F)c3)sc2Cl)C1. The first-order chi connectivity index (χ1) is 14.2. The molecule has 1 saturated heterocycles. The van der Waals surface area contributed by atoms with Gasteiger partial charge >= 0.3 is 0 Å². The number of pyridine rings is 1. The van der Waals surface area contributed by atoms with E-state index in [0.717, 1.165) is 49.5 Å². The standard InChI is InChI=1S/C20H19ClF3N3O2S/c1-26-6-2-3-12(9-26)4-5-13-7-16(30-18(13)21)19(28)25-14-8-15(22)20(29)27(10-14)11-17(23)24/h7-8,10,12,17H,2-3,6,9,11H2,1H3,(H,25,28). The Hall–Kier alpha value is -2.28. The van der Waals surface area contributed by atoms with Gasteiger partial charge in [0, 0.05) is 24.7 Å². The lowest BCUT2D eigenvalue weighted by Gasteiger charge is -2.26. The van der Waals surface area contributed by atoms with E-state index in [1.54, 1.807) is 0 Å². The molecule has 0 saturated carbocycles. The molecule has 5 nitrogen and oxygen atoms in total. The summed E-state index contributed by atoms with van der Waals surface area (Å²) in [6.07, 6.45) is 0.219. The molecule has 1 aliphatic rings. The first-order valence-corrected chi connectivity index (χ1v) is 10.4. The van der Waals surface area contributed by atoms with Crippen LogP contribution in [0.2, 0.25) is 4.34 Å². The molecule has 3 heterocycles. The van der Waals surface area contributed by atoms with Crippen LogP contribution in [0.5, 0.6) is 0 Å². The molecule has 1 atom stereocenters. The summed E-state index contributed by atoms with van der Waals surface area (Å²) in [6, 6.07) is 2.32. The third kappa shape index (κ3) is 5.65. The number of halogens is 4. The Morgan fingerprint density at radius 2 is 2.20 bits per heavy atom. The molecule has 0 bridgehead atoms. The molecule has 0 aromatic carbocycles. The zero-order valence-corrected chi connectivity index (χ0v) is 17.6. The molecule has 1 unspecified atom stereocenters. The van der Waals surface area contributed by atoms with Gasteiger partial charge in [-0.05, 0) is 32.5 Å². The Balaban J connectivity index is 1.75. The maximum absolute atomic E-state index is 13.7. The van der Waals surface area contributed by atoms with E-state index >= 15 is 0 Å². The molecule has 0 radical (unpaired) electrons. The summed E-state index contributed by atoms with van der Waals surface area (Å²) in [7, 11) is 2.04. The summed E-state index contributed by atoms with van der Waals surface area (Å²) in [5.41, 5.74) is -0.771. The van der Waals surface area contributed by atoms with Crippen molar-refractivity contribution in [1.29, 1.82) is 0 Å². The number of nitrogens with one attached hydrogen (secondary N) is 1. The van der Waals surface area contributed by atoms with Gasteiger partial charge in [0.1, 0.15) is 4.34 Å². The topological polar surface area (TPSA) is 54.3 Å². The number of alkyl halides is 2. The summed E-state index contributed by atoms with van der Waals surface area (Å²) < 4.78 is 39.8. The van der Waals surface area contributed by atoms with Gasteiger partial charge in [0.2, 0.25) is 0 Å². The Labute approximate surface area is 180 Å². The second kappa shape index (κ2) is 9.69. The largest absolute Gasteiger partial charge is 0.320 e. The number of carbonyl (C=O) groups excluding carboxylic acids is 1. The number of nitrogens with zero attached hydrogens (tertiary/aromatic N) is 2. The van der Waals surface area contributed by atoms with Gasteiger partial charge in [0.25, 0.3) is 17.9 Å². The summed E-state index contributed by atoms with van der Waals surface area (Å²) in [5.74, 6) is 4.61. The van der Waals surface area contributed by atoms with E-state index < -0.39 is 30.3 Å². The zero-order valence-electron chi connectivity index (χ0n) is 16.1. The van der Waals surface area contributed by atoms with Crippen molar-refractivity contribution in [2.24, 2.45) is 5.92 Å². The summed E-state index contributed by atoms with van der Waals surface area (Å²) in [5, 5.41) is 2.41. The van der Waals surface area contributed by atoms with E-state index in [4.69, 9.17) is 11.6 Å². The van der Waals surface area contributed by atoms with Crippen molar-refractivity contribution >= 4 is 34.5 Å². The molecule has 1 amide bonds. The molecule has 2 aromatic rings. The summed E-state index contributed by atoms with van der Waals surface area (Å²) in [4.78, 5) is 26.5. The molecule has 1 aliphatic heterocycles. The number of aromatic nitrogens is 1. The van der Waals surface area contributed by atoms with Crippen LogP contribution in [-0.4, -0.2) is 41.9 Å². The Kier molecular flexibility index (Phi) is 7.23. The summed E-state index contributed by atoms with van der Waals surface area (Å²) >= 11 is 7.21. The quantitative estimate of drug-likeness (QED) is 0.708. The van der Waals surface area contributed by atoms with Gasteiger partial charge in [-0.15, -0.1) is 11.3 Å². The van der Waals surface area contributed by atoms with E-state index in [1.165, 1.54) is 6.07 Å². The van der Waals surface area contributed by atoms with Gasteiger partial charge in [-0.3, -0.25) is 9.59 Å². The molecule has 0 aliphatic carbocycles. The van der Waals surface area contributed by atoms with E-state index in [9.17, 15) is 22.8 Å². The fraction of sp³-hybridized carbons (Fsp3) is 0.400. The number of hydrogen-bond donors (Lipinski definition) is 1. The maximum Gasteiger partial charge on any atom is 0.286 e. The van der Waals surface area contributed by atoms with Gasteiger partial charge in [0.05, 0.1) is 22.7 Å². The average molecular weight is 458 g/mol. The highest BCUT2D eigenvalue weighted by Gasteiger charge is 2.17. The lowest BCUT2D eigenvalue weighted by atomic mass is 9.99. The monoisotopic (exact) mass is 457 g/mol. The number of rotatable bonds is 4. The highest BCUT2D eigenvalue weighted by Crippen LogP contribution is 2.28. The number of thiophene rings is 1. The number of piperidine rings is 1. The zero-order chi connectivity index (χ0) is 21.8. The van der Waals surface area contributed by atoms with Crippen LogP contribution < -0.4 is 10.9 Å². The molecule has 1 N–H and O–H groups in total. The number of likely N-dealkylation sites (tertiary alicyclic amines) is 1. The van der Waals surface area contributed by atoms with Crippen molar-refractivity contribution in [3.8, 4) is 11.8 Å². The Morgan fingerprint density at radius 3 is 2.90 bits per heavy atom. The van der Waals surface area contributed by atoms with Crippen LogP contribution in [0.4, 0.5) is 18.9 Å². The van der Waals surface area contributed by atoms with Crippen molar-refractivity contribution in [1.82, 2.24) is 9.47 Å². The number of carbonyl (C=O) groups is 1. The molecule has 1 fully saturated rings. The van der Waals surface area contributed by atoms with Crippen molar-refractivity contribution in [3.05, 3.63) is 49.3 Å². The molecule has 10 heteroatoms. The summed E-state index contributed by atoms with van der Waals surface area (Å²) in [6.45, 7) is 0.954. The number of hydrogen-bond acceptors (Lipinski definition) is 4. The highest BCUT2D eigenvalue weighted by atomic mass is 35.5. The van der Waals surface area contributed by atoms with Crippen LogP contribution in [0.25, 0.3) is 0 Å². The second-order valence-electron chi connectivity index (χ2n) is 7.05.